The van der Waals surface area contributed by atoms with E-state index in [-0.39, 0.29) is 0 Å². The Morgan fingerprint density at radius 2 is 1.24 bits per heavy atom. The molecule has 2 aliphatic rings. The van der Waals surface area contributed by atoms with E-state index >= 15 is 0 Å². The summed E-state index contributed by atoms with van der Waals surface area (Å²) in [4.78, 5) is 0. The first-order valence-corrected chi connectivity index (χ1v) is 11.4. The van der Waals surface area contributed by atoms with E-state index in [0.29, 0.717) is 5.92 Å². The number of hydrogen-bond donors (Lipinski definition) is 0. The first kappa shape index (κ1) is 20.5. The fraction of sp³-hybridized carbons (Fsp3) is 0.875. The second kappa shape index (κ2) is 12.6. The van der Waals surface area contributed by atoms with Gasteiger partial charge in [0.1, 0.15) is 0 Å². The van der Waals surface area contributed by atoms with E-state index in [1.165, 1.54) is 103 Å². The maximum atomic E-state index is 8.64. The maximum absolute atomic E-state index is 8.64. The van der Waals surface area contributed by atoms with Crippen molar-refractivity contribution in [3.8, 4) is 6.07 Å². The summed E-state index contributed by atoms with van der Waals surface area (Å²) in [6.07, 6.45) is 27.0. The van der Waals surface area contributed by atoms with Crippen LogP contribution in [0.25, 0.3) is 0 Å². The van der Waals surface area contributed by atoms with Crippen molar-refractivity contribution in [2.24, 2.45) is 23.7 Å². The van der Waals surface area contributed by atoms with Crippen molar-refractivity contribution in [3.05, 3.63) is 12.2 Å². The first-order valence-electron chi connectivity index (χ1n) is 11.4. The van der Waals surface area contributed by atoms with Crippen LogP contribution in [0.2, 0.25) is 0 Å². The van der Waals surface area contributed by atoms with E-state index in [9.17, 15) is 0 Å². The van der Waals surface area contributed by atoms with Gasteiger partial charge in [-0.25, -0.2) is 0 Å². The molecule has 2 fully saturated rings. The molecule has 0 aromatic rings. The van der Waals surface area contributed by atoms with E-state index in [1.807, 2.05) is 0 Å². The van der Waals surface area contributed by atoms with Crippen LogP contribution in [0.4, 0.5) is 0 Å². The Morgan fingerprint density at radius 1 is 0.720 bits per heavy atom. The van der Waals surface area contributed by atoms with Crippen LogP contribution in [-0.4, -0.2) is 0 Å². The third kappa shape index (κ3) is 8.44. The zero-order valence-corrected chi connectivity index (χ0v) is 16.7. The monoisotopic (exact) mass is 343 g/mol. The lowest BCUT2D eigenvalue weighted by Gasteiger charge is -2.31. The Kier molecular flexibility index (Phi) is 10.3. The number of rotatable bonds is 10. The van der Waals surface area contributed by atoms with Gasteiger partial charge in [0.25, 0.3) is 0 Å². The van der Waals surface area contributed by atoms with Gasteiger partial charge in [0.05, 0.1) is 6.07 Å². The molecule has 0 aromatic heterocycles. The summed E-state index contributed by atoms with van der Waals surface area (Å²) in [5.41, 5.74) is 0. The Balaban J connectivity index is 1.50. The van der Waals surface area contributed by atoms with Gasteiger partial charge in [-0.1, -0.05) is 90.0 Å². The molecule has 2 rings (SSSR count). The second-order valence-corrected chi connectivity index (χ2v) is 8.94. The quantitative estimate of drug-likeness (QED) is 0.293. The molecule has 25 heavy (non-hydrogen) atoms. The Morgan fingerprint density at radius 3 is 1.80 bits per heavy atom. The Bertz CT molecular complexity index is 389. The van der Waals surface area contributed by atoms with Crippen LogP contribution >= 0.6 is 0 Å². The predicted octanol–water partition coefficient (Wildman–Crippen LogP) is 7.82. The molecule has 142 valence electrons. The van der Waals surface area contributed by atoms with Gasteiger partial charge in [0, 0.05) is 6.08 Å². The van der Waals surface area contributed by atoms with Crippen LogP contribution in [0.3, 0.4) is 0 Å². The summed E-state index contributed by atoms with van der Waals surface area (Å²) >= 11 is 0. The summed E-state index contributed by atoms with van der Waals surface area (Å²) in [5, 5.41) is 8.64. The van der Waals surface area contributed by atoms with Crippen molar-refractivity contribution in [1.82, 2.24) is 0 Å². The van der Waals surface area contributed by atoms with Crippen LogP contribution in [0.1, 0.15) is 110 Å². The van der Waals surface area contributed by atoms with E-state index in [2.05, 4.69) is 19.1 Å². The average molecular weight is 344 g/mol. The topological polar surface area (TPSA) is 23.8 Å². The van der Waals surface area contributed by atoms with Crippen molar-refractivity contribution < 1.29 is 0 Å². The number of hydrogen-bond acceptors (Lipinski definition) is 1. The zero-order valence-electron chi connectivity index (χ0n) is 16.7. The van der Waals surface area contributed by atoms with Crippen molar-refractivity contribution in [2.75, 3.05) is 0 Å². The van der Waals surface area contributed by atoms with Crippen molar-refractivity contribution in [3.63, 3.8) is 0 Å². The molecule has 1 nitrogen and oxygen atoms in total. The summed E-state index contributed by atoms with van der Waals surface area (Å²) in [5.74, 6) is 3.75. The minimum absolute atomic E-state index is 0.684. The largest absolute Gasteiger partial charge is 0.193 e. The molecule has 0 N–H and O–H groups in total. The highest BCUT2D eigenvalue weighted by Crippen LogP contribution is 2.38. The normalized spacial score (nSPS) is 30.4. The number of allylic oxidation sites excluding steroid dienone is 2. The van der Waals surface area contributed by atoms with Gasteiger partial charge in [0.2, 0.25) is 0 Å². The van der Waals surface area contributed by atoms with E-state index in [1.54, 1.807) is 6.08 Å². The van der Waals surface area contributed by atoms with Crippen LogP contribution < -0.4 is 0 Å². The fourth-order valence-electron chi connectivity index (χ4n) is 5.17. The Labute approximate surface area is 157 Å². The molecule has 0 atom stereocenters. The molecule has 0 saturated heterocycles. The van der Waals surface area contributed by atoms with Crippen molar-refractivity contribution in [2.45, 2.75) is 110 Å². The molecule has 2 aliphatic carbocycles. The second-order valence-electron chi connectivity index (χ2n) is 8.94. The molecule has 2 saturated carbocycles. The fourth-order valence-corrected chi connectivity index (χ4v) is 5.17. The van der Waals surface area contributed by atoms with Crippen molar-refractivity contribution >= 4 is 0 Å². The summed E-state index contributed by atoms with van der Waals surface area (Å²) < 4.78 is 0. The lowest BCUT2D eigenvalue weighted by Crippen LogP contribution is -2.17. The number of nitrogens with zero attached hydrogens (tertiary/aromatic N) is 1. The Hall–Kier alpha value is -0.770. The highest BCUT2D eigenvalue weighted by molar-refractivity contribution is 5.04. The predicted molar refractivity (Wildman–Crippen MR) is 108 cm³/mol. The summed E-state index contributed by atoms with van der Waals surface area (Å²) in [6, 6.07) is 2.14. The molecule has 1 heteroatoms. The zero-order chi connectivity index (χ0) is 17.7. The van der Waals surface area contributed by atoms with Gasteiger partial charge in [-0.3, -0.25) is 0 Å². The highest BCUT2D eigenvalue weighted by Gasteiger charge is 2.24. The molecule has 0 bridgehead atoms. The minimum Gasteiger partial charge on any atom is -0.193 e. The minimum atomic E-state index is 0.684. The smallest absolute Gasteiger partial charge is 0.0908 e. The molecule has 0 aliphatic heterocycles. The third-order valence-electron chi connectivity index (χ3n) is 7.00. The molecular weight excluding hydrogens is 302 g/mol. The SMILES string of the molecule is CCCCCCC[C@H]1CC[C@H](CC[C@H]2CC[C@H](C=CC#N)CC2)CC1. The molecular formula is C24H41N. The van der Waals surface area contributed by atoms with Crippen LogP contribution in [-0.2, 0) is 0 Å². The van der Waals surface area contributed by atoms with E-state index in [4.69, 9.17) is 5.26 Å². The van der Waals surface area contributed by atoms with Gasteiger partial charge in [-0.15, -0.1) is 0 Å². The summed E-state index contributed by atoms with van der Waals surface area (Å²) in [7, 11) is 0. The molecule has 0 unspecified atom stereocenters. The van der Waals surface area contributed by atoms with Gasteiger partial charge >= 0.3 is 0 Å². The lowest BCUT2D eigenvalue weighted by atomic mass is 9.75. The molecule has 0 aromatic carbocycles. The highest BCUT2D eigenvalue weighted by atomic mass is 14.3. The first-order chi connectivity index (χ1) is 12.3. The third-order valence-corrected chi connectivity index (χ3v) is 7.00. The van der Waals surface area contributed by atoms with E-state index in [0.717, 1.165) is 17.8 Å². The van der Waals surface area contributed by atoms with Crippen LogP contribution in [0, 0.1) is 35.0 Å². The average Bonchev–Trinajstić information content (AvgIpc) is 2.66. The molecule has 0 amide bonds. The standard InChI is InChI=1S/C24H41N/c1-2-3-4-5-6-8-21-10-14-23(15-11-21)18-19-24-16-12-22(13-17-24)9-7-20-25/h7,9,21-24H,2-6,8,10-19H2,1H3/t21-,22-,23-,24-. The van der Waals surface area contributed by atoms with Gasteiger partial charge in [0.15, 0.2) is 0 Å². The molecule has 0 heterocycles. The van der Waals surface area contributed by atoms with Gasteiger partial charge < -0.3 is 0 Å². The number of nitriles is 1. The maximum Gasteiger partial charge on any atom is 0.0908 e. The van der Waals surface area contributed by atoms with Crippen LogP contribution in [0.15, 0.2) is 12.2 Å². The van der Waals surface area contributed by atoms with Gasteiger partial charge in [-0.2, -0.15) is 5.26 Å². The molecule has 0 spiro atoms. The lowest BCUT2D eigenvalue weighted by molar-refractivity contribution is 0.219. The molecule has 0 radical (unpaired) electrons. The van der Waals surface area contributed by atoms with Crippen molar-refractivity contribution in [1.29, 1.82) is 5.26 Å². The number of unbranched alkanes of at least 4 members (excludes halogenated alkanes) is 4. The van der Waals surface area contributed by atoms with Gasteiger partial charge in [-0.05, 0) is 49.4 Å². The van der Waals surface area contributed by atoms with Crippen LogP contribution in [0.5, 0.6) is 0 Å². The van der Waals surface area contributed by atoms with E-state index < -0.39 is 0 Å². The summed E-state index contributed by atoms with van der Waals surface area (Å²) in [6.45, 7) is 2.30.